The highest BCUT2D eigenvalue weighted by Gasteiger charge is 2.37. The van der Waals surface area contributed by atoms with Gasteiger partial charge in [-0.15, -0.1) is 0 Å². The maximum absolute atomic E-state index is 12.3. The normalized spacial score (nSPS) is 20.7. The first-order valence-electron chi connectivity index (χ1n) is 12.2. The first kappa shape index (κ1) is 22.0. The first-order chi connectivity index (χ1) is 16.1. The lowest BCUT2D eigenvalue weighted by molar-refractivity contribution is 0.193. The van der Waals surface area contributed by atoms with Gasteiger partial charge in [-0.05, 0) is 56.5 Å². The van der Waals surface area contributed by atoms with Gasteiger partial charge in [-0.1, -0.05) is 31.7 Å². The van der Waals surface area contributed by atoms with Crippen LogP contribution >= 0.6 is 0 Å². The van der Waals surface area contributed by atoms with E-state index in [1.807, 2.05) is 6.20 Å². The van der Waals surface area contributed by atoms with Crippen LogP contribution in [0.5, 0.6) is 0 Å². The van der Waals surface area contributed by atoms with E-state index in [0.29, 0.717) is 18.5 Å². The Morgan fingerprint density at radius 1 is 1.24 bits per heavy atom. The second-order valence-electron chi connectivity index (χ2n) is 9.39. The Bertz CT molecular complexity index is 1120. The summed E-state index contributed by atoms with van der Waals surface area (Å²) >= 11 is 0. The van der Waals surface area contributed by atoms with E-state index in [2.05, 4.69) is 76.9 Å². The topological polar surface area (TPSA) is 47.2 Å². The number of fused-ring (bicyclic) bond motifs is 3. The number of allylic oxidation sites excluding steroid dienone is 1. The van der Waals surface area contributed by atoms with Crippen LogP contribution in [-0.4, -0.2) is 53.3 Å². The molecule has 1 aromatic carbocycles. The van der Waals surface area contributed by atoms with Crippen molar-refractivity contribution in [1.29, 1.82) is 0 Å². The second-order valence-corrected chi connectivity index (χ2v) is 9.39. The number of rotatable bonds is 8. The van der Waals surface area contributed by atoms with Crippen molar-refractivity contribution in [1.82, 2.24) is 20.2 Å². The quantitative estimate of drug-likeness (QED) is 0.479. The van der Waals surface area contributed by atoms with Gasteiger partial charge in [0.25, 0.3) is 0 Å². The summed E-state index contributed by atoms with van der Waals surface area (Å²) in [7, 11) is 0. The van der Waals surface area contributed by atoms with Gasteiger partial charge >= 0.3 is 0 Å². The SMILES string of the molecule is C=C(CC)N1[C@H](c2ccc(N3CC(NCCCF)C3)cn2)c2[nH]c3ccccc3c2C[C@H]1C. The zero-order chi connectivity index (χ0) is 22.9. The van der Waals surface area contributed by atoms with Gasteiger partial charge in [0.15, 0.2) is 0 Å². The van der Waals surface area contributed by atoms with E-state index in [9.17, 15) is 4.39 Å². The van der Waals surface area contributed by atoms with Crippen LogP contribution in [-0.2, 0) is 6.42 Å². The lowest BCUT2D eigenvalue weighted by Crippen LogP contribution is -2.58. The average molecular weight is 448 g/mol. The zero-order valence-electron chi connectivity index (χ0n) is 19.6. The summed E-state index contributed by atoms with van der Waals surface area (Å²) in [5.74, 6) is 0. The molecule has 1 fully saturated rings. The molecule has 33 heavy (non-hydrogen) atoms. The monoisotopic (exact) mass is 447 g/mol. The highest BCUT2D eigenvalue weighted by Crippen LogP contribution is 2.42. The van der Waals surface area contributed by atoms with Gasteiger partial charge in [0.05, 0.1) is 24.3 Å². The summed E-state index contributed by atoms with van der Waals surface area (Å²) in [6.45, 7) is 11.2. The van der Waals surface area contributed by atoms with E-state index in [4.69, 9.17) is 4.98 Å². The lowest BCUT2D eigenvalue weighted by atomic mass is 9.89. The Morgan fingerprint density at radius 2 is 2.06 bits per heavy atom. The Hall–Kier alpha value is -2.86. The highest BCUT2D eigenvalue weighted by atomic mass is 19.1. The first-order valence-corrected chi connectivity index (χ1v) is 12.2. The third-order valence-corrected chi connectivity index (χ3v) is 7.19. The fourth-order valence-electron chi connectivity index (χ4n) is 5.37. The average Bonchev–Trinajstić information content (AvgIpc) is 3.17. The summed E-state index contributed by atoms with van der Waals surface area (Å²) in [6.07, 6.45) is 4.50. The van der Waals surface area contributed by atoms with Gasteiger partial charge in [0.1, 0.15) is 6.04 Å². The predicted octanol–water partition coefficient (Wildman–Crippen LogP) is 4.96. The predicted molar refractivity (Wildman–Crippen MR) is 133 cm³/mol. The molecule has 0 spiro atoms. The van der Waals surface area contributed by atoms with Crippen molar-refractivity contribution in [3.63, 3.8) is 0 Å². The number of H-pyrrole nitrogens is 1. The Morgan fingerprint density at radius 3 is 2.79 bits per heavy atom. The third-order valence-electron chi connectivity index (χ3n) is 7.19. The van der Waals surface area contributed by atoms with Crippen molar-refractivity contribution in [2.24, 2.45) is 0 Å². The number of pyridine rings is 1. The molecule has 1 saturated heterocycles. The van der Waals surface area contributed by atoms with E-state index in [-0.39, 0.29) is 12.7 Å². The number of hydrogen-bond donors (Lipinski definition) is 2. The Balaban J connectivity index is 1.42. The molecule has 0 aliphatic carbocycles. The van der Waals surface area contributed by atoms with Gasteiger partial charge in [-0.25, -0.2) is 0 Å². The van der Waals surface area contributed by atoms with Crippen molar-refractivity contribution < 1.29 is 4.39 Å². The molecule has 2 N–H and O–H groups in total. The van der Waals surface area contributed by atoms with Crippen LogP contribution in [0.4, 0.5) is 10.1 Å². The number of benzene rings is 1. The molecule has 5 nitrogen and oxygen atoms in total. The fraction of sp³-hybridized carbons (Fsp3) is 0.444. The molecule has 0 saturated carbocycles. The van der Waals surface area contributed by atoms with Crippen molar-refractivity contribution in [3.05, 3.63) is 71.8 Å². The largest absolute Gasteiger partial charge is 0.367 e. The molecular formula is C27H34FN5. The molecule has 0 unspecified atom stereocenters. The van der Waals surface area contributed by atoms with Gasteiger partial charge in [0, 0.05) is 47.5 Å². The fourth-order valence-corrected chi connectivity index (χ4v) is 5.37. The van der Waals surface area contributed by atoms with E-state index >= 15 is 0 Å². The number of aromatic amines is 1. The molecule has 2 aromatic heterocycles. The summed E-state index contributed by atoms with van der Waals surface area (Å²) in [5.41, 5.74) is 7.17. The summed E-state index contributed by atoms with van der Waals surface area (Å²) in [5, 5.41) is 4.73. The number of hydrogen-bond acceptors (Lipinski definition) is 4. The van der Waals surface area contributed by atoms with Crippen LogP contribution in [0.1, 0.15) is 49.7 Å². The van der Waals surface area contributed by atoms with Crippen LogP contribution in [0.3, 0.4) is 0 Å². The Kier molecular flexibility index (Phi) is 6.11. The molecule has 2 aliphatic rings. The molecule has 4 heterocycles. The number of aromatic nitrogens is 2. The van der Waals surface area contributed by atoms with Crippen LogP contribution in [0.25, 0.3) is 10.9 Å². The number of nitrogens with one attached hydrogen (secondary N) is 2. The minimum Gasteiger partial charge on any atom is -0.367 e. The zero-order valence-corrected chi connectivity index (χ0v) is 19.6. The molecule has 0 bridgehead atoms. The molecule has 0 radical (unpaired) electrons. The van der Waals surface area contributed by atoms with Crippen LogP contribution < -0.4 is 10.2 Å². The number of halogens is 1. The van der Waals surface area contributed by atoms with Crippen LogP contribution in [0.2, 0.25) is 0 Å². The minimum absolute atomic E-state index is 0.0316. The molecule has 0 amide bonds. The highest BCUT2D eigenvalue weighted by molar-refractivity contribution is 5.85. The maximum atomic E-state index is 12.3. The second kappa shape index (κ2) is 9.18. The van der Waals surface area contributed by atoms with Gasteiger partial charge < -0.3 is 20.1 Å². The number of anilines is 1. The smallest absolute Gasteiger partial charge is 0.112 e. The number of alkyl halides is 1. The third kappa shape index (κ3) is 4.01. The van der Waals surface area contributed by atoms with Gasteiger partial charge in [-0.2, -0.15) is 0 Å². The van der Waals surface area contributed by atoms with E-state index < -0.39 is 0 Å². The van der Waals surface area contributed by atoms with Gasteiger partial charge in [-0.3, -0.25) is 9.37 Å². The molecule has 2 aliphatic heterocycles. The number of para-hydroxylation sites is 1. The summed E-state index contributed by atoms with van der Waals surface area (Å²) < 4.78 is 12.3. The standard InChI is InChI=1S/C27H34FN5/c1-4-18(2)33-19(3)14-23-22-8-5-6-9-24(22)31-26(23)27(33)25-11-10-21(15-30-25)32-16-20(17-32)29-13-7-12-28/h5-6,8-11,15,19-20,27,29,31H,2,4,7,12-14,16-17H2,1,3H3/t19-,27-/m1/s1. The van der Waals surface area contributed by atoms with Crippen molar-refractivity contribution in [2.45, 2.75) is 51.2 Å². The molecule has 5 rings (SSSR count). The van der Waals surface area contributed by atoms with Crippen molar-refractivity contribution in [3.8, 4) is 0 Å². The summed E-state index contributed by atoms with van der Waals surface area (Å²) in [4.78, 5) is 13.5. The van der Waals surface area contributed by atoms with Crippen molar-refractivity contribution in [2.75, 3.05) is 31.2 Å². The number of nitrogens with zero attached hydrogens (tertiary/aromatic N) is 3. The molecule has 3 aromatic rings. The van der Waals surface area contributed by atoms with Crippen molar-refractivity contribution >= 4 is 16.6 Å². The maximum Gasteiger partial charge on any atom is 0.112 e. The van der Waals surface area contributed by atoms with Gasteiger partial charge in [0.2, 0.25) is 0 Å². The van der Waals surface area contributed by atoms with E-state index in [1.165, 1.54) is 22.2 Å². The molecule has 174 valence electrons. The summed E-state index contributed by atoms with van der Waals surface area (Å²) in [6, 6.07) is 13.8. The van der Waals surface area contributed by atoms with Crippen LogP contribution in [0, 0.1) is 0 Å². The van der Waals surface area contributed by atoms with E-state index in [0.717, 1.165) is 49.6 Å². The van der Waals surface area contributed by atoms with Crippen LogP contribution in [0.15, 0.2) is 54.9 Å². The minimum atomic E-state index is -0.256. The lowest BCUT2D eigenvalue weighted by Gasteiger charge is -2.43. The molecular weight excluding hydrogens is 413 g/mol. The Labute approximate surface area is 195 Å². The molecule has 6 heteroatoms. The van der Waals surface area contributed by atoms with E-state index in [1.54, 1.807) is 0 Å². The molecule has 2 atom stereocenters.